The van der Waals surface area contributed by atoms with Gasteiger partial charge in [0.1, 0.15) is 12.9 Å². The fraction of sp³-hybridized carbons (Fsp3) is 0.241. The first kappa shape index (κ1) is 26.8. The van der Waals surface area contributed by atoms with Crippen LogP contribution in [0, 0.1) is 18.6 Å². The number of nitrogens with zero attached hydrogens (tertiary/aromatic N) is 6. The molecule has 0 spiro atoms. The van der Waals surface area contributed by atoms with Gasteiger partial charge in [-0.2, -0.15) is 0 Å². The van der Waals surface area contributed by atoms with E-state index in [9.17, 15) is 9.18 Å². The highest BCUT2D eigenvalue weighted by molar-refractivity contribution is 6.49. The normalized spacial score (nSPS) is 13.9. The maximum absolute atomic E-state index is 15.2. The second-order valence-corrected chi connectivity index (χ2v) is 9.39. The zero-order valence-corrected chi connectivity index (χ0v) is 22.4. The predicted octanol–water partition coefficient (Wildman–Crippen LogP) is 4.38. The van der Waals surface area contributed by atoms with Crippen molar-refractivity contribution in [2.24, 2.45) is 12.2 Å². The third-order valence-electron chi connectivity index (χ3n) is 6.90. The number of hydrogen-bond acceptors (Lipinski definition) is 7. The fourth-order valence-electron chi connectivity index (χ4n) is 4.79. The lowest BCUT2D eigenvalue weighted by atomic mass is 10.0. The number of halogens is 2. The molecule has 1 aliphatic rings. The Kier molecular flexibility index (Phi) is 7.72. The molecule has 3 heterocycles. The molecule has 11 heteroatoms. The molecule has 0 aliphatic carbocycles. The van der Waals surface area contributed by atoms with Crippen LogP contribution in [0.1, 0.15) is 11.4 Å². The molecule has 1 amide bonds. The van der Waals surface area contributed by atoms with Crippen molar-refractivity contribution in [1.29, 1.82) is 0 Å². The van der Waals surface area contributed by atoms with Gasteiger partial charge in [0, 0.05) is 50.2 Å². The van der Waals surface area contributed by atoms with Gasteiger partial charge in [-0.3, -0.25) is 4.79 Å². The summed E-state index contributed by atoms with van der Waals surface area (Å²) in [6.45, 7) is 4.12. The lowest BCUT2D eigenvalue weighted by Gasteiger charge is -2.36. The first-order chi connectivity index (χ1) is 19.4. The number of aryl methyl sites for hydroxylation is 1. The summed E-state index contributed by atoms with van der Waals surface area (Å²) < 4.78 is 30.3. The van der Waals surface area contributed by atoms with Crippen LogP contribution in [-0.2, 0) is 16.7 Å². The molecule has 0 unspecified atom stereocenters. The quantitative estimate of drug-likeness (QED) is 0.274. The molecule has 206 valence electrons. The van der Waals surface area contributed by atoms with Crippen molar-refractivity contribution >= 4 is 28.9 Å². The molecule has 0 bridgehead atoms. The molecule has 2 aromatic heterocycles. The molecule has 9 nitrogen and oxygen atoms in total. The number of rotatable bonds is 7. The van der Waals surface area contributed by atoms with E-state index in [-0.39, 0.29) is 5.71 Å². The number of amides is 1. The summed E-state index contributed by atoms with van der Waals surface area (Å²) in [5, 5.41) is 6.81. The maximum atomic E-state index is 15.2. The van der Waals surface area contributed by atoms with Gasteiger partial charge in [0.15, 0.2) is 11.5 Å². The number of nitrogens with one attached hydrogen (secondary N) is 1. The van der Waals surface area contributed by atoms with E-state index < -0.39 is 17.5 Å². The van der Waals surface area contributed by atoms with Crippen LogP contribution in [0.3, 0.4) is 0 Å². The van der Waals surface area contributed by atoms with Gasteiger partial charge < -0.3 is 24.5 Å². The smallest absolute Gasteiger partial charge is 0.279 e. The number of oxime groups is 1. The van der Waals surface area contributed by atoms with E-state index in [4.69, 9.17) is 4.84 Å². The standard InChI is InChI=1S/C29H29F2N7O2/c1-19-15-23(20-7-5-4-6-8-20)27(36(19)2)26(35-40-3)28(39)34-22-9-10-25(24(31)16-22)37-11-13-38(14-12-37)29-32-17-21(30)18-33-29/h4-10,15-18H,11-14H2,1-3H3,(H,34,39). The summed E-state index contributed by atoms with van der Waals surface area (Å²) in [6, 6.07) is 16.3. The van der Waals surface area contributed by atoms with Crippen molar-refractivity contribution in [2.75, 3.05) is 48.4 Å². The zero-order chi connectivity index (χ0) is 28.2. The Morgan fingerprint density at radius 1 is 0.975 bits per heavy atom. The SMILES string of the molecule is CON=C(C(=O)Nc1ccc(N2CCN(c3ncc(F)cn3)CC2)c(F)c1)c1c(-c2ccccc2)cc(C)n1C. The topological polar surface area (TPSA) is 87.9 Å². The fourth-order valence-corrected chi connectivity index (χ4v) is 4.79. The highest BCUT2D eigenvalue weighted by Gasteiger charge is 2.25. The molecule has 0 saturated carbocycles. The summed E-state index contributed by atoms with van der Waals surface area (Å²) in [6.07, 6.45) is 2.26. The van der Waals surface area contributed by atoms with Crippen LogP contribution in [0.5, 0.6) is 0 Å². The Labute approximate surface area is 230 Å². The van der Waals surface area contributed by atoms with E-state index in [0.717, 1.165) is 29.2 Å². The van der Waals surface area contributed by atoms with Crippen molar-refractivity contribution < 1.29 is 18.4 Å². The van der Waals surface area contributed by atoms with Crippen LogP contribution < -0.4 is 15.1 Å². The highest BCUT2D eigenvalue weighted by atomic mass is 19.1. The van der Waals surface area contributed by atoms with Gasteiger partial charge in [-0.1, -0.05) is 35.5 Å². The lowest BCUT2D eigenvalue weighted by Crippen LogP contribution is -2.47. The zero-order valence-electron chi connectivity index (χ0n) is 22.4. The van der Waals surface area contributed by atoms with E-state index in [0.29, 0.717) is 49.2 Å². The molecule has 1 saturated heterocycles. The first-order valence-electron chi connectivity index (χ1n) is 12.8. The molecular formula is C29H29F2N7O2. The van der Waals surface area contributed by atoms with Crippen molar-refractivity contribution in [2.45, 2.75) is 6.92 Å². The molecule has 5 rings (SSSR count). The number of hydrogen-bond donors (Lipinski definition) is 1. The average molecular weight is 546 g/mol. The van der Waals surface area contributed by atoms with Gasteiger partial charge in [0.2, 0.25) is 5.95 Å². The summed E-state index contributed by atoms with van der Waals surface area (Å²) in [7, 11) is 3.23. The van der Waals surface area contributed by atoms with E-state index in [1.165, 1.54) is 13.2 Å². The maximum Gasteiger partial charge on any atom is 0.279 e. The number of aromatic nitrogens is 3. The first-order valence-corrected chi connectivity index (χ1v) is 12.8. The van der Waals surface area contributed by atoms with Crippen molar-refractivity contribution in [1.82, 2.24) is 14.5 Å². The largest absolute Gasteiger partial charge is 0.398 e. The van der Waals surface area contributed by atoms with E-state index in [2.05, 4.69) is 20.4 Å². The minimum Gasteiger partial charge on any atom is -0.398 e. The Hall–Kier alpha value is -4.80. The van der Waals surface area contributed by atoms with Gasteiger partial charge in [-0.25, -0.2) is 18.7 Å². The van der Waals surface area contributed by atoms with Crippen molar-refractivity contribution in [3.8, 4) is 11.1 Å². The van der Waals surface area contributed by atoms with Crippen LogP contribution in [0.25, 0.3) is 11.1 Å². The second kappa shape index (κ2) is 11.5. The van der Waals surface area contributed by atoms with Crippen LogP contribution in [0.4, 0.5) is 26.1 Å². The van der Waals surface area contributed by atoms with Crippen molar-refractivity contribution in [3.63, 3.8) is 0 Å². The number of piperazine rings is 1. The second-order valence-electron chi connectivity index (χ2n) is 9.39. The van der Waals surface area contributed by atoms with Gasteiger partial charge in [0.05, 0.1) is 23.8 Å². The van der Waals surface area contributed by atoms with Gasteiger partial charge >= 0.3 is 0 Å². The van der Waals surface area contributed by atoms with Gasteiger partial charge in [-0.15, -0.1) is 0 Å². The van der Waals surface area contributed by atoms with Crippen LogP contribution in [-0.4, -0.2) is 59.4 Å². The third kappa shape index (κ3) is 5.49. The summed E-state index contributed by atoms with van der Waals surface area (Å²) in [4.78, 5) is 30.4. The average Bonchev–Trinajstić information content (AvgIpc) is 3.26. The molecule has 4 aromatic rings. The number of benzene rings is 2. The predicted molar refractivity (Wildman–Crippen MR) is 151 cm³/mol. The molecule has 0 atom stereocenters. The molecule has 1 fully saturated rings. The van der Waals surface area contributed by atoms with E-state index >= 15 is 4.39 Å². The Balaban J connectivity index is 1.32. The van der Waals surface area contributed by atoms with Gasteiger partial charge in [-0.05, 0) is 36.8 Å². The number of carbonyl (C=O) groups excluding carboxylic acids is 1. The molecule has 40 heavy (non-hydrogen) atoms. The monoisotopic (exact) mass is 545 g/mol. The highest BCUT2D eigenvalue weighted by Crippen LogP contribution is 2.29. The van der Waals surface area contributed by atoms with E-state index in [1.807, 2.05) is 64.7 Å². The minimum absolute atomic E-state index is 0.0700. The molecule has 2 aromatic carbocycles. The molecular weight excluding hydrogens is 516 g/mol. The van der Waals surface area contributed by atoms with Crippen LogP contribution in [0.2, 0.25) is 0 Å². The van der Waals surface area contributed by atoms with Crippen LogP contribution in [0.15, 0.2) is 72.1 Å². The third-order valence-corrected chi connectivity index (χ3v) is 6.90. The Morgan fingerprint density at radius 3 is 2.30 bits per heavy atom. The van der Waals surface area contributed by atoms with Crippen LogP contribution >= 0.6 is 0 Å². The Bertz CT molecular complexity index is 1530. The van der Waals surface area contributed by atoms with E-state index in [1.54, 1.807) is 12.1 Å². The van der Waals surface area contributed by atoms with Crippen molar-refractivity contribution in [3.05, 3.63) is 90.0 Å². The summed E-state index contributed by atoms with van der Waals surface area (Å²) in [5.74, 6) is -1.04. The summed E-state index contributed by atoms with van der Waals surface area (Å²) >= 11 is 0. The number of anilines is 3. The molecule has 1 aliphatic heterocycles. The molecule has 0 radical (unpaired) electrons. The molecule has 1 N–H and O–H groups in total. The summed E-state index contributed by atoms with van der Waals surface area (Å²) in [5.41, 5.74) is 4.07. The minimum atomic E-state index is -0.528. The lowest BCUT2D eigenvalue weighted by molar-refractivity contribution is -0.110. The Morgan fingerprint density at radius 2 is 1.65 bits per heavy atom. The van der Waals surface area contributed by atoms with Gasteiger partial charge in [0.25, 0.3) is 5.91 Å². The number of carbonyl (C=O) groups is 1.